The number of H-pyrrole nitrogens is 1. The Balaban J connectivity index is 2.50. The lowest BCUT2D eigenvalue weighted by molar-refractivity contribution is 0.0993. The number of carbonyl (C=O) groups is 1. The van der Waals surface area contributed by atoms with Gasteiger partial charge in [-0.15, -0.1) is 0 Å². The van der Waals surface area contributed by atoms with Crippen molar-refractivity contribution in [2.75, 3.05) is 6.54 Å². The van der Waals surface area contributed by atoms with E-state index in [1.54, 1.807) is 6.20 Å². The number of carbonyl (C=O) groups excluding carboxylic acids is 1. The molecule has 0 aliphatic carbocycles. The Kier molecular flexibility index (Phi) is 1.28. The minimum atomic E-state index is 0.162. The van der Waals surface area contributed by atoms with E-state index in [2.05, 4.69) is 9.71 Å². The van der Waals surface area contributed by atoms with Gasteiger partial charge in [-0.2, -0.15) is 0 Å². The van der Waals surface area contributed by atoms with Gasteiger partial charge < -0.3 is 4.98 Å². The highest BCUT2D eigenvalue weighted by atomic mass is 32.2. The van der Waals surface area contributed by atoms with E-state index in [1.165, 1.54) is 11.9 Å². The molecule has 4 heteroatoms. The molecular formula is C6H6N2OS. The van der Waals surface area contributed by atoms with Crippen molar-refractivity contribution in [3.8, 4) is 0 Å². The van der Waals surface area contributed by atoms with E-state index in [0.717, 1.165) is 10.5 Å². The molecule has 1 aromatic rings. The van der Waals surface area contributed by atoms with Crippen LogP contribution in [0.1, 0.15) is 10.4 Å². The third-order valence-electron chi connectivity index (χ3n) is 1.42. The molecule has 0 radical (unpaired) electrons. The number of aromatic amines is 1. The highest BCUT2D eigenvalue weighted by Crippen LogP contribution is 2.23. The van der Waals surface area contributed by atoms with Crippen molar-refractivity contribution < 1.29 is 4.79 Å². The van der Waals surface area contributed by atoms with Gasteiger partial charge in [0.2, 0.25) is 0 Å². The predicted octanol–water partition coefficient (Wildman–Crippen LogP) is 0.808. The predicted molar refractivity (Wildman–Crippen MR) is 39.0 cm³/mol. The van der Waals surface area contributed by atoms with Gasteiger partial charge in [0.1, 0.15) is 0 Å². The van der Waals surface area contributed by atoms with Crippen LogP contribution in [-0.4, -0.2) is 17.3 Å². The van der Waals surface area contributed by atoms with Crippen molar-refractivity contribution >= 4 is 17.7 Å². The van der Waals surface area contributed by atoms with Gasteiger partial charge in [-0.1, -0.05) is 0 Å². The normalized spacial score (nSPS) is 17.0. The zero-order chi connectivity index (χ0) is 6.97. The maximum Gasteiger partial charge on any atom is 0.180 e. The first-order chi connectivity index (χ1) is 4.88. The van der Waals surface area contributed by atoms with E-state index < -0.39 is 0 Å². The number of aromatic nitrogens is 1. The molecule has 2 rings (SSSR count). The second kappa shape index (κ2) is 2.14. The highest BCUT2D eigenvalue weighted by molar-refractivity contribution is 7.97. The van der Waals surface area contributed by atoms with Gasteiger partial charge in [-0.3, -0.25) is 9.52 Å². The number of nitrogens with one attached hydrogen (secondary N) is 2. The first kappa shape index (κ1) is 6.00. The molecule has 1 aromatic heterocycles. The summed E-state index contributed by atoms with van der Waals surface area (Å²) >= 11 is 1.50. The Morgan fingerprint density at radius 1 is 1.50 bits per heavy atom. The average Bonchev–Trinajstić information content (AvgIpc) is 2.36. The van der Waals surface area contributed by atoms with Crippen LogP contribution in [0.2, 0.25) is 0 Å². The van der Waals surface area contributed by atoms with Crippen LogP contribution in [0.25, 0.3) is 0 Å². The lowest BCUT2D eigenvalue weighted by atomic mass is 10.2. The van der Waals surface area contributed by atoms with E-state index in [9.17, 15) is 4.79 Å². The quantitative estimate of drug-likeness (QED) is 0.543. The molecule has 0 spiro atoms. The van der Waals surface area contributed by atoms with Gasteiger partial charge in [0.05, 0.1) is 17.0 Å². The molecule has 0 bridgehead atoms. The van der Waals surface area contributed by atoms with Crippen molar-refractivity contribution in [2.45, 2.75) is 4.90 Å². The molecule has 52 valence electrons. The molecule has 0 saturated carbocycles. The molecule has 3 nitrogen and oxygen atoms in total. The smallest absolute Gasteiger partial charge is 0.180 e. The van der Waals surface area contributed by atoms with E-state index in [-0.39, 0.29) is 5.78 Å². The Morgan fingerprint density at radius 3 is 3.20 bits per heavy atom. The fraction of sp³-hybridized carbons (Fsp3) is 0.167. The van der Waals surface area contributed by atoms with Crippen LogP contribution in [0.3, 0.4) is 0 Å². The van der Waals surface area contributed by atoms with Crippen molar-refractivity contribution in [1.82, 2.24) is 9.71 Å². The van der Waals surface area contributed by atoms with Crippen molar-refractivity contribution in [3.63, 3.8) is 0 Å². The van der Waals surface area contributed by atoms with Crippen LogP contribution in [0, 0.1) is 0 Å². The molecule has 2 N–H and O–H groups in total. The molecule has 0 aromatic carbocycles. The monoisotopic (exact) mass is 154 g/mol. The molecule has 1 aliphatic heterocycles. The Morgan fingerprint density at radius 2 is 2.40 bits per heavy atom. The second-order valence-electron chi connectivity index (χ2n) is 2.08. The Labute approximate surface area is 62.3 Å². The zero-order valence-electron chi connectivity index (χ0n) is 5.18. The number of hydrogen-bond acceptors (Lipinski definition) is 3. The van der Waals surface area contributed by atoms with E-state index >= 15 is 0 Å². The van der Waals surface area contributed by atoms with Crippen molar-refractivity contribution in [3.05, 3.63) is 18.0 Å². The maximum absolute atomic E-state index is 11.1. The largest absolute Gasteiger partial charge is 0.366 e. The van der Waals surface area contributed by atoms with Crippen LogP contribution >= 0.6 is 11.9 Å². The summed E-state index contributed by atoms with van der Waals surface area (Å²) in [6.07, 6.45) is 3.57. The van der Waals surface area contributed by atoms with Gasteiger partial charge in [0.25, 0.3) is 0 Å². The fourth-order valence-corrected chi connectivity index (χ4v) is 1.69. The third-order valence-corrected chi connectivity index (χ3v) is 2.27. The molecule has 2 heterocycles. The summed E-state index contributed by atoms with van der Waals surface area (Å²) in [6.45, 7) is 0.440. The molecule has 0 unspecified atom stereocenters. The van der Waals surface area contributed by atoms with Crippen LogP contribution in [0.15, 0.2) is 17.3 Å². The maximum atomic E-state index is 11.1. The van der Waals surface area contributed by atoms with E-state index in [0.29, 0.717) is 6.54 Å². The number of rotatable bonds is 0. The fourth-order valence-electron chi connectivity index (χ4n) is 0.927. The second-order valence-corrected chi connectivity index (χ2v) is 3.01. The van der Waals surface area contributed by atoms with Crippen LogP contribution in [-0.2, 0) is 0 Å². The van der Waals surface area contributed by atoms with E-state index in [4.69, 9.17) is 0 Å². The first-order valence-electron chi connectivity index (χ1n) is 2.97. The Bertz CT molecular complexity index is 268. The average molecular weight is 154 g/mol. The summed E-state index contributed by atoms with van der Waals surface area (Å²) in [4.78, 5) is 14.9. The molecule has 0 fully saturated rings. The van der Waals surface area contributed by atoms with Crippen molar-refractivity contribution in [1.29, 1.82) is 0 Å². The van der Waals surface area contributed by atoms with Crippen molar-refractivity contribution in [2.24, 2.45) is 0 Å². The van der Waals surface area contributed by atoms with Gasteiger partial charge in [-0.25, -0.2) is 0 Å². The van der Waals surface area contributed by atoms with Crippen LogP contribution < -0.4 is 4.72 Å². The van der Waals surface area contributed by atoms with Gasteiger partial charge in [0, 0.05) is 12.4 Å². The zero-order valence-corrected chi connectivity index (χ0v) is 5.99. The molecule has 10 heavy (non-hydrogen) atoms. The lowest BCUT2D eigenvalue weighted by Gasteiger charge is -2.08. The number of ketones is 1. The topological polar surface area (TPSA) is 44.9 Å². The number of Topliss-reactive ketones (excluding diaryl/α,β-unsaturated/α-hetero) is 1. The summed E-state index contributed by atoms with van der Waals surface area (Å²) in [6, 6.07) is 0. The third kappa shape index (κ3) is 0.767. The molecule has 1 aliphatic rings. The van der Waals surface area contributed by atoms with E-state index in [1.807, 2.05) is 6.20 Å². The Hall–Kier alpha value is -0.740. The van der Waals surface area contributed by atoms with Gasteiger partial charge >= 0.3 is 0 Å². The van der Waals surface area contributed by atoms with Gasteiger partial charge in [0.15, 0.2) is 5.78 Å². The summed E-state index contributed by atoms with van der Waals surface area (Å²) < 4.78 is 2.92. The van der Waals surface area contributed by atoms with Gasteiger partial charge in [-0.05, 0) is 11.9 Å². The minimum absolute atomic E-state index is 0.162. The summed E-state index contributed by atoms with van der Waals surface area (Å²) in [5.41, 5.74) is 0.809. The standard InChI is InChI=1S/C6H6N2OS/c9-5-2-8-10-6-3-7-1-4(5)6/h1,3,7-8H,2H2. The molecule has 0 amide bonds. The highest BCUT2D eigenvalue weighted by Gasteiger charge is 2.17. The SMILES string of the molecule is O=C1CNSc2c[nH]cc21. The first-order valence-corrected chi connectivity index (χ1v) is 3.79. The lowest BCUT2D eigenvalue weighted by Crippen LogP contribution is -2.21. The minimum Gasteiger partial charge on any atom is -0.366 e. The van der Waals surface area contributed by atoms with Crippen LogP contribution in [0.4, 0.5) is 0 Å². The van der Waals surface area contributed by atoms with Crippen LogP contribution in [0.5, 0.6) is 0 Å². The number of hydrogen-bond donors (Lipinski definition) is 2. The summed E-state index contributed by atoms with van der Waals surface area (Å²) in [5.74, 6) is 0.162. The summed E-state index contributed by atoms with van der Waals surface area (Å²) in [5, 5.41) is 0. The summed E-state index contributed by atoms with van der Waals surface area (Å²) in [7, 11) is 0. The molecular weight excluding hydrogens is 148 g/mol. The number of fused-ring (bicyclic) bond motifs is 1. The molecule has 0 atom stereocenters. The molecule has 0 saturated heterocycles.